The van der Waals surface area contributed by atoms with Gasteiger partial charge in [0.05, 0.1) is 0 Å². The van der Waals surface area contributed by atoms with Crippen molar-refractivity contribution in [1.29, 1.82) is 0 Å². The number of nitrogens with zero attached hydrogens (tertiary/aromatic N) is 1. The molecule has 4 rings (SSSR count). The zero-order chi connectivity index (χ0) is 27.7. The molecular weight excluding hydrogens is 500 g/mol. The number of piperidine rings is 1. The van der Waals surface area contributed by atoms with Crippen molar-refractivity contribution in [1.82, 2.24) is 4.90 Å². The normalized spacial score (nSPS) is 14.0. The Morgan fingerprint density at radius 2 is 1.42 bits per heavy atom. The lowest BCUT2D eigenvalue weighted by molar-refractivity contribution is -0.192. The Hall–Kier alpha value is -3.72. The van der Waals surface area contributed by atoms with Crippen molar-refractivity contribution in [3.8, 4) is 0 Å². The zero-order valence-corrected chi connectivity index (χ0v) is 20.8. The number of carbonyl (C=O) groups excluding carboxylic acids is 1. The highest BCUT2D eigenvalue weighted by atomic mass is 19.4. The van der Waals surface area contributed by atoms with E-state index < -0.39 is 12.1 Å². The molecule has 1 aliphatic rings. The van der Waals surface area contributed by atoms with Crippen molar-refractivity contribution in [3.63, 3.8) is 0 Å². The Balaban J connectivity index is 0.000000505. The standard InChI is InChI=1S/C27H29FN2O.C2HF3O2/c28-26-9-3-5-21(18-26)11-10-20-4-1-8-25(16-20)27(31)30-14-12-23(13-15-30)24-7-2-6-22(17-24)19-29;3-2(4,5)1(6)7/h1-9,16-18,23H,10-15,19,29H2;(H,6,7). The number of likely N-dealkylation sites (tertiary alicyclic amines) is 1. The average Bonchev–Trinajstić information content (AvgIpc) is 2.91. The number of halogens is 4. The lowest BCUT2D eigenvalue weighted by Gasteiger charge is -2.32. The summed E-state index contributed by atoms with van der Waals surface area (Å²) >= 11 is 0. The third-order valence-corrected chi connectivity index (χ3v) is 6.45. The number of aliphatic carboxylic acids is 1. The van der Waals surface area contributed by atoms with Crippen LogP contribution in [0.1, 0.15) is 51.4 Å². The number of rotatable bonds is 6. The summed E-state index contributed by atoms with van der Waals surface area (Å²) in [5.41, 5.74) is 11.1. The van der Waals surface area contributed by atoms with Crippen LogP contribution >= 0.6 is 0 Å². The molecule has 1 amide bonds. The molecule has 0 spiro atoms. The van der Waals surface area contributed by atoms with Crippen LogP contribution in [-0.2, 0) is 24.2 Å². The second-order valence-corrected chi connectivity index (χ2v) is 9.15. The van der Waals surface area contributed by atoms with Gasteiger partial charge in [0.25, 0.3) is 5.91 Å². The summed E-state index contributed by atoms with van der Waals surface area (Å²) in [6.45, 7) is 2.09. The van der Waals surface area contributed by atoms with E-state index in [0.717, 1.165) is 61.0 Å². The van der Waals surface area contributed by atoms with Crippen LogP contribution in [0.25, 0.3) is 0 Å². The van der Waals surface area contributed by atoms with Gasteiger partial charge >= 0.3 is 12.1 Å². The number of hydrogen-bond donors (Lipinski definition) is 2. The Morgan fingerprint density at radius 1 is 0.868 bits per heavy atom. The van der Waals surface area contributed by atoms with Crippen LogP contribution in [0.4, 0.5) is 17.6 Å². The maximum absolute atomic E-state index is 13.4. The predicted octanol–water partition coefficient (Wildman–Crippen LogP) is 5.72. The van der Waals surface area contributed by atoms with Gasteiger partial charge in [-0.2, -0.15) is 13.2 Å². The monoisotopic (exact) mass is 530 g/mol. The van der Waals surface area contributed by atoms with Gasteiger partial charge in [0, 0.05) is 25.2 Å². The first-order valence-corrected chi connectivity index (χ1v) is 12.3. The number of alkyl halides is 3. The Kier molecular flexibility index (Phi) is 10.0. The summed E-state index contributed by atoms with van der Waals surface area (Å²) < 4.78 is 45.1. The lowest BCUT2D eigenvalue weighted by atomic mass is 9.88. The summed E-state index contributed by atoms with van der Waals surface area (Å²) in [6.07, 6.45) is -1.61. The number of hydrogen-bond acceptors (Lipinski definition) is 3. The van der Waals surface area contributed by atoms with Gasteiger partial charge in [0.2, 0.25) is 0 Å². The lowest BCUT2D eigenvalue weighted by Crippen LogP contribution is -2.38. The number of nitrogens with two attached hydrogens (primary N) is 1. The third-order valence-electron chi connectivity index (χ3n) is 6.45. The topological polar surface area (TPSA) is 83.6 Å². The van der Waals surface area contributed by atoms with Crippen molar-refractivity contribution >= 4 is 11.9 Å². The molecule has 0 bridgehead atoms. The molecular formula is C29H30F4N2O3. The van der Waals surface area contributed by atoms with E-state index >= 15 is 0 Å². The third kappa shape index (κ3) is 8.41. The van der Waals surface area contributed by atoms with Crippen molar-refractivity contribution in [2.45, 2.75) is 44.3 Å². The molecule has 3 aromatic rings. The molecule has 1 saturated heterocycles. The average molecular weight is 531 g/mol. The predicted molar refractivity (Wildman–Crippen MR) is 136 cm³/mol. The smallest absolute Gasteiger partial charge is 0.475 e. The molecule has 0 atom stereocenters. The van der Waals surface area contributed by atoms with E-state index in [4.69, 9.17) is 15.6 Å². The quantitative estimate of drug-likeness (QED) is 0.399. The maximum atomic E-state index is 13.4. The van der Waals surface area contributed by atoms with Gasteiger partial charge in [-0.3, -0.25) is 4.79 Å². The van der Waals surface area contributed by atoms with Gasteiger partial charge in [0.15, 0.2) is 0 Å². The van der Waals surface area contributed by atoms with Crippen LogP contribution in [0.2, 0.25) is 0 Å². The molecule has 0 saturated carbocycles. The van der Waals surface area contributed by atoms with Gasteiger partial charge in [-0.15, -0.1) is 0 Å². The summed E-state index contributed by atoms with van der Waals surface area (Å²) in [5.74, 6) is -2.39. The maximum Gasteiger partial charge on any atom is 0.490 e. The van der Waals surface area contributed by atoms with E-state index in [1.807, 2.05) is 35.2 Å². The Morgan fingerprint density at radius 3 is 2.00 bits per heavy atom. The molecule has 0 aliphatic carbocycles. The minimum atomic E-state index is -5.08. The molecule has 3 aromatic carbocycles. The van der Waals surface area contributed by atoms with Crippen LogP contribution < -0.4 is 5.73 Å². The first-order valence-electron chi connectivity index (χ1n) is 12.3. The minimum Gasteiger partial charge on any atom is -0.475 e. The molecule has 0 unspecified atom stereocenters. The fourth-order valence-electron chi connectivity index (χ4n) is 4.41. The first-order chi connectivity index (χ1) is 18.1. The summed E-state index contributed by atoms with van der Waals surface area (Å²) in [7, 11) is 0. The van der Waals surface area contributed by atoms with Crippen LogP contribution in [0.5, 0.6) is 0 Å². The van der Waals surface area contributed by atoms with Crippen LogP contribution in [0.3, 0.4) is 0 Å². The van der Waals surface area contributed by atoms with Crippen LogP contribution in [0, 0.1) is 5.82 Å². The minimum absolute atomic E-state index is 0.0989. The Bertz CT molecular complexity index is 1240. The second-order valence-electron chi connectivity index (χ2n) is 9.15. The summed E-state index contributed by atoms with van der Waals surface area (Å²) in [4.78, 5) is 23.9. The molecule has 9 heteroatoms. The van der Waals surface area contributed by atoms with E-state index in [0.29, 0.717) is 12.5 Å². The summed E-state index contributed by atoms with van der Waals surface area (Å²) in [5, 5.41) is 7.12. The van der Waals surface area contributed by atoms with E-state index in [1.165, 1.54) is 11.6 Å². The van der Waals surface area contributed by atoms with Gasteiger partial charge in [-0.25, -0.2) is 9.18 Å². The summed E-state index contributed by atoms with van der Waals surface area (Å²) in [6, 6.07) is 23.1. The number of carboxylic acids is 1. The molecule has 38 heavy (non-hydrogen) atoms. The first kappa shape index (κ1) is 28.8. The van der Waals surface area contributed by atoms with Gasteiger partial charge in [-0.05, 0) is 78.1 Å². The highest BCUT2D eigenvalue weighted by molar-refractivity contribution is 5.94. The van der Waals surface area contributed by atoms with Gasteiger partial charge < -0.3 is 15.7 Å². The Labute approximate surface area is 218 Å². The van der Waals surface area contributed by atoms with Crippen molar-refractivity contribution in [3.05, 3.63) is 106 Å². The number of benzene rings is 3. The molecule has 5 nitrogen and oxygen atoms in total. The molecule has 202 valence electrons. The molecule has 0 radical (unpaired) electrons. The molecule has 3 N–H and O–H groups in total. The number of aryl methyl sites for hydroxylation is 2. The number of amides is 1. The molecule has 1 fully saturated rings. The molecule has 0 aromatic heterocycles. The fourth-order valence-corrected chi connectivity index (χ4v) is 4.41. The van der Waals surface area contributed by atoms with Crippen molar-refractivity contribution in [2.75, 3.05) is 13.1 Å². The van der Waals surface area contributed by atoms with Crippen LogP contribution in [-0.4, -0.2) is 41.1 Å². The van der Waals surface area contributed by atoms with E-state index in [1.54, 1.807) is 12.1 Å². The SMILES string of the molecule is NCc1cccc(C2CCN(C(=O)c3cccc(CCc4cccc(F)c4)c3)CC2)c1.O=C(O)C(F)(F)F. The number of carbonyl (C=O) groups is 2. The van der Waals surface area contributed by atoms with Crippen LogP contribution in [0.15, 0.2) is 72.8 Å². The van der Waals surface area contributed by atoms with Crippen molar-refractivity contribution in [2.24, 2.45) is 5.73 Å². The van der Waals surface area contributed by atoms with E-state index in [-0.39, 0.29) is 11.7 Å². The van der Waals surface area contributed by atoms with Gasteiger partial charge in [-0.1, -0.05) is 48.5 Å². The van der Waals surface area contributed by atoms with E-state index in [2.05, 4.69) is 24.3 Å². The van der Waals surface area contributed by atoms with Gasteiger partial charge in [0.1, 0.15) is 5.82 Å². The molecule has 1 heterocycles. The highest BCUT2D eigenvalue weighted by Crippen LogP contribution is 2.29. The van der Waals surface area contributed by atoms with Crippen molar-refractivity contribution < 1.29 is 32.3 Å². The zero-order valence-electron chi connectivity index (χ0n) is 20.8. The second kappa shape index (κ2) is 13.2. The molecule has 1 aliphatic heterocycles. The highest BCUT2D eigenvalue weighted by Gasteiger charge is 2.38. The fraction of sp³-hybridized carbons (Fsp3) is 0.310. The number of carboxylic acid groups (broad SMARTS) is 1. The van der Waals surface area contributed by atoms with E-state index in [9.17, 15) is 22.4 Å². The largest absolute Gasteiger partial charge is 0.490 e.